The summed E-state index contributed by atoms with van der Waals surface area (Å²) in [5, 5.41) is 15.6. The minimum Gasteiger partial charge on any atom is -0.378 e. The second kappa shape index (κ2) is 12.2. The van der Waals surface area contributed by atoms with Crippen LogP contribution in [0.25, 0.3) is 0 Å². The first-order valence-electron chi connectivity index (χ1n) is 12.3. The average Bonchev–Trinajstić information content (AvgIpc) is 2.89. The number of piperidine rings is 1. The molecule has 1 N–H and O–H groups in total. The molecule has 1 aliphatic rings. The van der Waals surface area contributed by atoms with Crippen molar-refractivity contribution in [1.29, 1.82) is 0 Å². The lowest BCUT2D eigenvalue weighted by atomic mass is 10.0. The summed E-state index contributed by atoms with van der Waals surface area (Å²) in [6.45, 7) is 4.78. The molecule has 0 spiro atoms. The number of benzene rings is 2. The lowest BCUT2D eigenvalue weighted by molar-refractivity contribution is -0.385. The van der Waals surface area contributed by atoms with E-state index in [2.05, 4.69) is 10.5 Å². The highest BCUT2D eigenvalue weighted by atomic mass is 32.2. The van der Waals surface area contributed by atoms with Crippen LogP contribution in [0, 0.1) is 10.1 Å². The van der Waals surface area contributed by atoms with E-state index >= 15 is 0 Å². The first-order chi connectivity index (χ1) is 17.6. The second-order valence-corrected chi connectivity index (χ2v) is 10.8. The largest absolute Gasteiger partial charge is 0.378 e. The molecule has 0 radical (unpaired) electrons. The Morgan fingerprint density at radius 1 is 1.16 bits per heavy atom. The van der Waals surface area contributed by atoms with Crippen molar-refractivity contribution >= 4 is 39.2 Å². The lowest BCUT2D eigenvalue weighted by Gasteiger charge is -2.36. The molecule has 12 heteroatoms. The van der Waals surface area contributed by atoms with Crippen LogP contribution in [0.4, 0.5) is 17.1 Å². The third kappa shape index (κ3) is 6.44. The summed E-state index contributed by atoms with van der Waals surface area (Å²) in [5.41, 5.74) is 4.26. The summed E-state index contributed by atoms with van der Waals surface area (Å²) in [5.74, 6) is -0.257. The molecule has 0 saturated carbocycles. The smallest absolute Gasteiger partial charge is 0.270 e. The molecule has 1 fully saturated rings. The minimum absolute atomic E-state index is 0.0892. The molecule has 200 valence electrons. The molecule has 1 unspecified atom stereocenters. The number of likely N-dealkylation sites (N-methyl/N-ethyl adjacent to an activating group) is 1. The van der Waals surface area contributed by atoms with Crippen LogP contribution >= 0.6 is 0 Å². The van der Waals surface area contributed by atoms with Gasteiger partial charge in [-0.2, -0.15) is 9.41 Å². The fourth-order valence-corrected chi connectivity index (χ4v) is 6.09. The van der Waals surface area contributed by atoms with Crippen LogP contribution in [0.1, 0.15) is 38.7 Å². The summed E-state index contributed by atoms with van der Waals surface area (Å²) in [6.07, 6.45) is 3.25. The van der Waals surface area contributed by atoms with Gasteiger partial charge in [-0.1, -0.05) is 18.6 Å². The Balaban J connectivity index is 1.96. The van der Waals surface area contributed by atoms with Crippen LogP contribution in [0.2, 0.25) is 0 Å². The fraction of sp³-hybridized carbons (Fsp3) is 0.440. The number of hydrogen-bond acceptors (Lipinski definition) is 8. The minimum atomic E-state index is -4.26. The predicted molar refractivity (Wildman–Crippen MR) is 145 cm³/mol. The van der Waals surface area contributed by atoms with Crippen LogP contribution in [0.3, 0.4) is 0 Å². The quantitative estimate of drug-likeness (QED) is 0.283. The summed E-state index contributed by atoms with van der Waals surface area (Å²) in [7, 11) is -0.395. The van der Waals surface area contributed by atoms with E-state index in [1.54, 1.807) is 4.90 Å². The normalized spacial score (nSPS) is 16.5. The Labute approximate surface area is 217 Å². The Hall–Kier alpha value is -3.51. The van der Waals surface area contributed by atoms with Gasteiger partial charge in [-0.05, 0) is 50.5 Å². The summed E-state index contributed by atoms with van der Waals surface area (Å²) >= 11 is 0. The van der Waals surface area contributed by atoms with Crippen LogP contribution in [-0.2, 0) is 14.8 Å². The standard InChI is InChI=1S/C25H34N6O5S/c1-5-29(6-2)25(32)23-9-7-8-16-30(23)37(35,36)24-17-21(31(33)34)14-15-22(24)27-26-18-19-10-12-20(13-11-19)28(3)4/h10-15,17-18,23,27H,5-9,16H2,1-4H3/b26-18+. The van der Waals surface area contributed by atoms with Gasteiger partial charge in [0.1, 0.15) is 10.9 Å². The molecule has 2 aromatic rings. The third-order valence-corrected chi connectivity index (χ3v) is 8.33. The molecule has 0 aliphatic carbocycles. The number of nitro groups is 1. The highest BCUT2D eigenvalue weighted by molar-refractivity contribution is 7.89. The van der Waals surface area contributed by atoms with E-state index < -0.39 is 21.0 Å². The van der Waals surface area contributed by atoms with Crippen molar-refractivity contribution in [1.82, 2.24) is 9.21 Å². The van der Waals surface area contributed by atoms with Crippen LogP contribution in [0.5, 0.6) is 0 Å². The molecule has 1 saturated heterocycles. The van der Waals surface area contributed by atoms with E-state index in [4.69, 9.17) is 0 Å². The van der Waals surface area contributed by atoms with E-state index in [0.717, 1.165) is 23.7 Å². The number of carbonyl (C=O) groups is 1. The van der Waals surface area contributed by atoms with E-state index in [-0.39, 0.29) is 28.7 Å². The van der Waals surface area contributed by atoms with Crippen molar-refractivity contribution < 1.29 is 18.1 Å². The van der Waals surface area contributed by atoms with Crippen LogP contribution < -0.4 is 10.3 Å². The summed E-state index contributed by atoms with van der Waals surface area (Å²) < 4.78 is 28.9. The highest BCUT2D eigenvalue weighted by Crippen LogP contribution is 2.33. The second-order valence-electron chi connectivity index (χ2n) is 8.93. The molecule has 0 bridgehead atoms. The number of hydrazone groups is 1. The van der Waals surface area contributed by atoms with Crippen molar-refractivity contribution in [2.45, 2.75) is 44.0 Å². The topological polar surface area (TPSA) is 128 Å². The van der Waals surface area contributed by atoms with E-state index in [1.165, 1.54) is 22.7 Å². The number of rotatable bonds is 10. The molecule has 1 atom stereocenters. The first kappa shape index (κ1) is 28.1. The zero-order valence-corrected chi connectivity index (χ0v) is 22.4. The molecule has 0 aromatic heterocycles. The maximum atomic E-state index is 13.9. The van der Waals surface area contributed by atoms with Gasteiger partial charge in [-0.25, -0.2) is 8.42 Å². The molecule has 1 amide bonds. The van der Waals surface area contributed by atoms with E-state index in [9.17, 15) is 23.3 Å². The van der Waals surface area contributed by atoms with Gasteiger partial charge >= 0.3 is 0 Å². The SMILES string of the molecule is CCN(CC)C(=O)C1CCCCN1S(=O)(=O)c1cc([N+](=O)[O-])ccc1N/N=C/c1ccc(N(C)C)cc1. The number of sulfonamides is 1. The molecule has 11 nitrogen and oxygen atoms in total. The van der Waals surface area contributed by atoms with Crippen molar-refractivity contribution in [3.8, 4) is 0 Å². The molecular formula is C25H34N6O5S. The number of non-ortho nitro benzene ring substituents is 1. The number of nitrogens with zero attached hydrogens (tertiary/aromatic N) is 5. The Bertz CT molecular complexity index is 1240. The molecule has 37 heavy (non-hydrogen) atoms. The Morgan fingerprint density at radius 3 is 2.43 bits per heavy atom. The molecular weight excluding hydrogens is 496 g/mol. The average molecular weight is 531 g/mol. The number of carbonyl (C=O) groups excluding carboxylic acids is 1. The predicted octanol–water partition coefficient (Wildman–Crippen LogP) is 3.52. The van der Waals surface area contributed by atoms with Gasteiger partial charge in [0.2, 0.25) is 15.9 Å². The Morgan fingerprint density at radius 2 is 1.84 bits per heavy atom. The maximum absolute atomic E-state index is 13.9. The molecule has 2 aromatic carbocycles. The fourth-order valence-electron chi connectivity index (χ4n) is 4.28. The number of nitrogens with one attached hydrogen (secondary N) is 1. The van der Waals surface area contributed by atoms with Crippen molar-refractivity contribution in [3.05, 3.63) is 58.1 Å². The number of amides is 1. The van der Waals surface area contributed by atoms with Crippen LogP contribution in [-0.4, -0.2) is 74.4 Å². The number of anilines is 2. The number of hydrogen-bond donors (Lipinski definition) is 1. The zero-order chi connectivity index (χ0) is 27.2. The third-order valence-electron chi connectivity index (χ3n) is 6.38. The molecule has 3 rings (SSSR count). The summed E-state index contributed by atoms with van der Waals surface area (Å²) in [6, 6.07) is 10.3. The number of nitro benzene ring substituents is 1. The van der Waals surface area contributed by atoms with Gasteiger partial charge in [0.15, 0.2) is 0 Å². The van der Waals surface area contributed by atoms with E-state index in [1.807, 2.05) is 57.1 Å². The molecule has 1 heterocycles. The van der Waals surface area contributed by atoms with Gasteiger partial charge in [0.25, 0.3) is 5.69 Å². The summed E-state index contributed by atoms with van der Waals surface area (Å²) in [4.78, 5) is 27.3. The lowest BCUT2D eigenvalue weighted by Crippen LogP contribution is -2.52. The van der Waals surface area contributed by atoms with Gasteiger partial charge in [0.05, 0.1) is 16.8 Å². The first-order valence-corrected chi connectivity index (χ1v) is 13.7. The van der Waals surface area contributed by atoms with Gasteiger partial charge in [0, 0.05) is 51.5 Å². The van der Waals surface area contributed by atoms with Crippen LogP contribution in [0.15, 0.2) is 52.5 Å². The molecule has 1 aliphatic heterocycles. The Kier molecular flexibility index (Phi) is 9.22. The van der Waals surface area contributed by atoms with Gasteiger partial charge in [-0.15, -0.1) is 0 Å². The highest BCUT2D eigenvalue weighted by Gasteiger charge is 2.40. The monoisotopic (exact) mass is 530 g/mol. The van der Waals surface area contributed by atoms with Crippen molar-refractivity contribution in [2.75, 3.05) is 44.1 Å². The maximum Gasteiger partial charge on any atom is 0.270 e. The van der Waals surface area contributed by atoms with E-state index in [0.29, 0.717) is 25.9 Å². The van der Waals surface area contributed by atoms with Gasteiger partial charge < -0.3 is 9.80 Å². The van der Waals surface area contributed by atoms with Crippen molar-refractivity contribution in [2.24, 2.45) is 5.10 Å². The zero-order valence-electron chi connectivity index (χ0n) is 21.6. The van der Waals surface area contributed by atoms with Crippen molar-refractivity contribution in [3.63, 3.8) is 0 Å². The van der Waals surface area contributed by atoms with Gasteiger partial charge in [-0.3, -0.25) is 20.3 Å².